The number of anilines is 1. The van der Waals surface area contributed by atoms with Crippen LogP contribution in [0.25, 0.3) is 11.3 Å². The average Bonchev–Trinajstić information content (AvgIpc) is 2.62. The van der Waals surface area contributed by atoms with Crippen molar-refractivity contribution >= 4 is 21.7 Å². The molecule has 1 heterocycles. The molecule has 0 amide bonds. The van der Waals surface area contributed by atoms with Crippen molar-refractivity contribution in [2.45, 2.75) is 26.7 Å². The maximum atomic E-state index is 5.89. The van der Waals surface area contributed by atoms with Crippen molar-refractivity contribution in [2.24, 2.45) is 0 Å². The highest BCUT2D eigenvalue weighted by molar-refractivity contribution is 9.10. The number of benzene rings is 1. The smallest absolute Gasteiger partial charge is 0.149 e. The van der Waals surface area contributed by atoms with E-state index in [1.165, 1.54) is 11.1 Å². The van der Waals surface area contributed by atoms with Gasteiger partial charge in [-0.25, -0.2) is 0 Å². The number of nitrogens with two attached hydrogens (primary N) is 1. The van der Waals surface area contributed by atoms with Gasteiger partial charge in [-0.3, -0.25) is 5.10 Å². The first-order chi connectivity index (χ1) is 8.13. The molecule has 0 radical (unpaired) electrons. The summed E-state index contributed by atoms with van der Waals surface area (Å²) >= 11 is 3.47. The molecule has 0 saturated carbocycles. The zero-order valence-corrected chi connectivity index (χ0v) is 11.6. The van der Waals surface area contributed by atoms with E-state index in [1.807, 2.05) is 6.07 Å². The Morgan fingerprint density at radius 1 is 1.41 bits per heavy atom. The highest BCUT2D eigenvalue weighted by Crippen LogP contribution is 2.30. The number of aromatic nitrogens is 2. The number of nitrogens with zero attached hydrogens (tertiary/aromatic N) is 1. The lowest BCUT2D eigenvalue weighted by Crippen LogP contribution is -1.93. The van der Waals surface area contributed by atoms with Gasteiger partial charge in [0.25, 0.3) is 0 Å². The van der Waals surface area contributed by atoms with Gasteiger partial charge in [0.2, 0.25) is 0 Å². The Bertz CT molecular complexity index is 531. The minimum Gasteiger partial charge on any atom is -0.382 e. The maximum Gasteiger partial charge on any atom is 0.149 e. The molecule has 3 N–H and O–H groups in total. The van der Waals surface area contributed by atoms with Crippen LogP contribution in [0.5, 0.6) is 0 Å². The van der Waals surface area contributed by atoms with E-state index in [-0.39, 0.29) is 0 Å². The Morgan fingerprint density at radius 3 is 2.82 bits per heavy atom. The summed E-state index contributed by atoms with van der Waals surface area (Å²) in [5.74, 6) is 0.615. The van der Waals surface area contributed by atoms with E-state index < -0.39 is 0 Å². The molecule has 0 aliphatic rings. The number of rotatable bonds is 3. The van der Waals surface area contributed by atoms with Gasteiger partial charge in [-0.05, 0) is 31.0 Å². The molecule has 90 valence electrons. The Labute approximate surface area is 110 Å². The predicted molar refractivity (Wildman–Crippen MR) is 74.9 cm³/mol. The molecule has 0 spiro atoms. The van der Waals surface area contributed by atoms with Crippen molar-refractivity contribution in [3.8, 4) is 11.3 Å². The van der Waals surface area contributed by atoms with E-state index in [4.69, 9.17) is 5.73 Å². The van der Waals surface area contributed by atoms with Gasteiger partial charge in [0.05, 0.1) is 5.69 Å². The van der Waals surface area contributed by atoms with Crippen LogP contribution in [-0.2, 0) is 6.42 Å². The Hall–Kier alpha value is -1.29. The molecule has 17 heavy (non-hydrogen) atoms. The molecule has 2 aromatic rings. The van der Waals surface area contributed by atoms with Crippen LogP contribution in [0.4, 0.5) is 5.82 Å². The van der Waals surface area contributed by atoms with Gasteiger partial charge in [0, 0.05) is 15.6 Å². The lowest BCUT2D eigenvalue weighted by Gasteiger charge is -2.07. The van der Waals surface area contributed by atoms with Crippen LogP contribution in [0.1, 0.15) is 24.5 Å². The minimum absolute atomic E-state index is 0.615. The highest BCUT2D eigenvalue weighted by atomic mass is 79.9. The van der Waals surface area contributed by atoms with E-state index in [1.54, 1.807) is 0 Å². The SMILES string of the molecule is CCCc1c(N)n[nH]c1-c1ccc(Br)cc1C. The van der Waals surface area contributed by atoms with Gasteiger partial charge < -0.3 is 5.73 Å². The fraction of sp³-hybridized carbons (Fsp3) is 0.308. The molecule has 0 saturated heterocycles. The molecule has 0 bridgehead atoms. The summed E-state index contributed by atoms with van der Waals surface area (Å²) in [5.41, 5.74) is 10.4. The number of nitrogen functional groups attached to an aromatic ring is 1. The zero-order chi connectivity index (χ0) is 12.4. The summed E-state index contributed by atoms with van der Waals surface area (Å²) in [7, 11) is 0. The average molecular weight is 294 g/mol. The zero-order valence-electron chi connectivity index (χ0n) is 10.0. The normalized spacial score (nSPS) is 10.8. The molecule has 0 unspecified atom stereocenters. The van der Waals surface area contributed by atoms with Crippen molar-refractivity contribution in [3.05, 3.63) is 33.8 Å². The van der Waals surface area contributed by atoms with Gasteiger partial charge in [-0.1, -0.05) is 35.3 Å². The molecule has 3 nitrogen and oxygen atoms in total. The fourth-order valence-electron chi connectivity index (χ4n) is 2.01. The molecular formula is C13H16BrN3. The second-order valence-corrected chi connectivity index (χ2v) is 5.09. The first-order valence-corrected chi connectivity index (χ1v) is 6.52. The van der Waals surface area contributed by atoms with Crippen LogP contribution in [0.15, 0.2) is 22.7 Å². The maximum absolute atomic E-state index is 5.89. The van der Waals surface area contributed by atoms with Crippen LogP contribution < -0.4 is 5.73 Å². The topological polar surface area (TPSA) is 54.7 Å². The first-order valence-electron chi connectivity index (χ1n) is 5.72. The van der Waals surface area contributed by atoms with Crippen LogP contribution in [0.2, 0.25) is 0 Å². The Kier molecular flexibility index (Phi) is 3.52. The summed E-state index contributed by atoms with van der Waals surface area (Å²) < 4.78 is 1.09. The summed E-state index contributed by atoms with van der Waals surface area (Å²) in [6, 6.07) is 6.22. The number of hydrogen-bond donors (Lipinski definition) is 2. The highest BCUT2D eigenvalue weighted by Gasteiger charge is 2.13. The quantitative estimate of drug-likeness (QED) is 0.907. The van der Waals surface area contributed by atoms with Crippen LogP contribution in [0, 0.1) is 6.92 Å². The monoisotopic (exact) mass is 293 g/mol. The number of hydrogen-bond acceptors (Lipinski definition) is 2. The first kappa shape index (κ1) is 12.2. The van der Waals surface area contributed by atoms with Crippen molar-refractivity contribution in [3.63, 3.8) is 0 Å². The van der Waals surface area contributed by atoms with Crippen molar-refractivity contribution < 1.29 is 0 Å². The van der Waals surface area contributed by atoms with Crippen molar-refractivity contribution in [2.75, 3.05) is 5.73 Å². The standard InChI is InChI=1S/C13H16BrN3/c1-3-4-11-12(16-17-13(11)15)10-6-5-9(14)7-8(10)2/h5-7H,3-4H2,1-2H3,(H3,15,16,17). The van der Waals surface area contributed by atoms with Crippen LogP contribution in [0.3, 0.4) is 0 Å². The third kappa shape index (κ3) is 2.36. The summed E-state index contributed by atoms with van der Waals surface area (Å²) in [5, 5.41) is 7.16. The van der Waals surface area contributed by atoms with Gasteiger partial charge in [-0.15, -0.1) is 0 Å². The lowest BCUT2D eigenvalue weighted by molar-refractivity contribution is 0.926. The molecule has 4 heteroatoms. The van der Waals surface area contributed by atoms with Crippen LogP contribution >= 0.6 is 15.9 Å². The van der Waals surface area contributed by atoms with E-state index in [0.29, 0.717) is 5.82 Å². The number of nitrogens with one attached hydrogen (secondary N) is 1. The number of aromatic amines is 1. The fourth-order valence-corrected chi connectivity index (χ4v) is 2.49. The molecule has 0 aliphatic carbocycles. The third-order valence-corrected chi connectivity index (χ3v) is 3.35. The van der Waals surface area contributed by atoms with Crippen LogP contribution in [-0.4, -0.2) is 10.2 Å². The third-order valence-electron chi connectivity index (χ3n) is 2.86. The van der Waals surface area contributed by atoms with Gasteiger partial charge in [0.15, 0.2) is 0 Å². The molecule has 0 aliphatic heterocycles. The summed E-state index contributed by atoms with van der Waals surface area (Å²) in [4.78, 5) is 0. The summed E-state index contributed by atoms with van der Waals surface area (Å²) in [6.45, 7) is 4.23. The Morgan fingerprint density at radius 2 is 2.18 bits per heavy atom. The number of H-pyrrole nitrogens is 1. The molecule has 1 aromatic heterocycles. The molecular weight excluding hydrogens is 278 g/mol. The van der Waals surface area contributed by atoms with E-state index >= 15 is 0 Å². The number of aryl methyl sites for hydroxylation is 1. The van der Waals surface area contributed by atoms with Gasteiger partial charge in [0.1, 0.15) is 5.82 Å². The second-order valence-electron chi connectivity index (χ2n) is 4.17. The van der Waals surface area contributed by atoms with Gasteiger partial charge >= 0.3 is 0 Å². The van der Waals surface area contributed by atoms with E-state index in [0.717, 1.165) is 28.6 Å². The van der Waals surface area contributed by atoms with Crippen molar-refractivity contribution in [1.29, 1.82) is 0 Å². The largest absolute Gasteiger partial charge is 0.382 e. The molecule has 0 atom stereocenters. The molecule has 2 rings (SSSR count). The summed E-state index contributed by atoms with van der Waals surface area (Å²) in [6.07, 6.45) is 2.01. The predicted octanol–water partition coefficient (Wildman–Crippen LogP) is 3.68. The molecule has 1 aromatic carbocycles. The van der Waals surface area contributed by atoms with Gasteiger partial charge in [-0.2, -0.15) is 5.10 Å². The second kappa shape index (κ2) is 4.92. The number of halogens is 1. The molecule has 0 fully saturated rings. The van der Waals surface area contributed by atoms with E-state index in [9.17, 15) is 0 Å². The minimum atomic E-state index is 0.615. The lowest BCUT2D eigenvalue weighted by atomic mass is 10.0. The Balaban J connectivity index is 2.52. The van der Waals surface area contributed by atoms with Crippen molar-refractivity contribution in [1.82, 2.24) is 10.2 Å². The van der Waals surface area contributed by atoms with E-state index in [2.05, 4.69) is 52.1 Å².